The zero-order chi connectivity index (χ0) is 9.40. The molecule has 0 fully saturated rings. The molecule has 2 nitrogen and oxygen atoms in total. The van der Waals surface area contributed by atoms with Crippen molar-refractivity contribution < 1.29 is 4.74 Å². The maximum absolute atomic E-state index is 5.41. The molecule has 0 aliphatic heterocycles. The highest BCUT2D eigenvalue weighted by molar-refractivity contribution is 4.62. The fraction of sp³-hybridized carbons (Fsp3) is 1.00. The third kappa shape index (κ3) is 6.62. The van der Waals surface area contributed by atoms with Gasteiger partial charge in [-0.2, -0.15) is 0 Å². The molecule has 0 spiro atoms. The number of hydrogen-bond acceptors (Lipinski definition) is 2. The molecule has 1 unspecified atom stereocenters. The normalized spacial score (nSPS) is 13.8. The van der Waals surface area contributed by atoms with Gasteiger partial charge in [0.1, 0.15) is 0 Å². The molecule has 0 aromatic carbocycles. The number of hydrogen-bond donors (Lipinski definition) is 1. The summed E-state index contributed by atoms with van der Waals surface area (Å²) in [5, 5.41) is 3.20. The van der Waals surface area contributed by atoms with E-state index in [2.05, 4.69) is 19.2 Å². The average Bonchev–Trinajstić information content (AvgIpc) is 2.00. The summed E-state index contributed by atoms with van der Waals surface area (Å²) in [5.41, 5.74) is 0. The maximum Gasteiger partial charge on any atom is 0.0506 e. The van der Waals surface area contributed by atoms with E-state index in [0.717, 1.165) is 25.7 Å². The molecule has 0 saturated heterocycles. The van der Waals surface area contributed by atoms with Crippen LogP contribution in [0.5, 0.6) is 0 Å². The van der Waals surface area contributed by atoms with Gasteiger partial charge in [-0.1, -0.05) is 13.8 Å². The summed E-state index contributed by atoms with van der Waals surface area (Å²) in [4.78, 5) is 0. The monoisotopic (exact) mass is 173 g/mol. The smallest absolute Gasteiger partial charge is 0.0506 e. The highest BCUT2D eigenvalue weighted by Gasteiger charge is 2.09. The van der Waals surface area contributed by atoms with Crippen molar-refractivity contribution in [2.45, 2.75) is 27.2 Å². The molecule has 0 aromatic heterocycles. The Bertz CT molecular complexity index is 93.8. The fourth-order valence-corrected chi connectivity index (χ4v) is 1.45. The maximum atomic E-state index is 5.41. The Kier molecular flexibility index (Phi) is 7.51. The highest BCUT2D eigenvalue weighted by Crippen LogP contribution is 2.11. The molecule has 0 aliphatic rings. The van der Waals surface area contributed by atoms with Crippen LogP contribution in [0.1, 0.15) is 27.2 Å². The summed E-state index contributed by atoms with van der Waals surface area (Å²) in [7, 11) is 2.00. The number of ether oxygens (including phenoxy) is 1. The van der Waals surface area contributed by atoms with Crippen LogP contribution in [0.15, 0.2) is 0 Å². The van der Waals surface area contributed by atoms with E-state index in [-0.39, 0.29) is 0 Å². The number of nitrogens with one attached hydrogen (secondary N) is 1. The molecule has 0 rings (SSSR count). The Hall–Kier alpha value is -0.0800. The van der Waals surface area contributed by atoms with Crippen molar-refractivity contribution in [3.05, 3.63) is 0 Å². The van der Waals surface area contributed by atoms with Crippen molar-refractivity contribution in [3.8, 4) is 0 Å². The van der Waals surface area contributed by atoms with E-state index < -0.39 is 0 Å². The van der Waals surface area contributed by atoms with Crippen LogP contribution in [-0.4, -0.2) is 26.8 Å². The minimum absolute atomic E-state index is 0.676. The molecule has 0 saturated carbocycles. The Balaban J connectivity index is 3.54. The Morgan fingerprint density at radius 1 is 1.33 bits per heavy atom. The quantitative estimate of drug-likeness (QED) is 0.635. The van der Waals surface area contributed by atoms with Crippen LogP contribution in [0.25, 0.3) is 0 Å². The standard InChI is InChI=1S/C10H23NO/c1-5-12-8-10(7-11-4)6-9(2)3/h9-11H,5-8H2,1-4H3. The van der Waals surface area contributed by atoms with Crippen molar-refractivity contribution in [1.82, 2.24) is 5.32 Å². The molecular weight excluding hydrogens is 150 g/mol. The Morgan fingerprint density at radius 2 is 2.00 bits per heavy atom. The van der Waals surface area contributed by atoms with Crippen molar-refractivity contribution in [2.75, 3.05) is 26.8 Å². The fourth-order valence-electron chi connectivity index (χ4n) is 1.45. The molecular formula is C10H23NO. The van der Waals surface area contributed by atoms with Crippen molar-refractivity contribution in [3.63, 3.8) is 0 Å². The van der Waals surface area contributed by atoms with Gasteiger partial charge < -0.3 is 10.1 Å². The first-order valence-corrected chi connectivity index (χ1v) is 4.93. The first-order valence-electron chi connectivity index (χ1n) is 4.93. The van der Waals surface area contributed by atoms with Gasteiger partial charge in [-0.3, -0.25) is 0 Å². The van der Waals surface area contributed by atoms with Crippen LogP contribution in [0, 0.1) is 11.8 Å². The van der Waals surface area contributed by atoms with Crippen molar-refractivity contribution >= 4 is 0 Å². The lowest BCUT2D eigenvalue weighted by Gasteiger charge is -2.18. The molecule has 0 amide bonds. The first-order chi connectivity index (χ1) is 5.70. The minimum Gasteiger partial charge on any atom is -0.381 e. The topological polar surface area (TPSA) is 21.3 Å². The van der Waals surface area contributed by atoms with Crippen LogP contribution in [0.3, 0.4) is 0 Å². The van der Waals surface area contributed by atoms with Gasteiger partial charge in [-0.25, -0.2) is 0 Å². The SMILES string of the molecule is CCOCC(CNC)CC(C)C. The van der Waals surface area contributed by atoms with Gasteiger partial charge in [0, 0.05) is 6.61 Å². The van der Waals surface area contributed by atoms with E-state index in [4.69, 9.17) is 4.74 Å². The average molecular weight is 173 g/mol. The minimum atomic E-state index is 0.676. The summed E-state index contributed by atoms with van der Waals surface area (Å²) in [6.07, 6.45) is 1.25. The highest BCUT2D eigenvalue weighted by atomic mass is 16.5. The second-order valence-corrected chi connectivity index (χ2v) is 3.71. The van der Waals surface area contributed by atoms with E-state index in [1.165, 1.54) is 6.42 Å². The summed E-state index contributed by atoms with van der Waals surface area (Å²) < 4.78 is 5.41. The third-order valence-electron chi connectivity index (χ3n) is 1.86. The summed E-state index contributed by atoms with van der Waals surface area (Å²) >= 11 is 0. The predicted molar refractivity (Wildman–Crippen MR) is 53.4 cm³/mol. The lowest BCUT2D eigenvalue weighted by Crippen LogP contribution is -2.24. The molecule has 1 N–H and O–H groups in total. The molecule has 2 heteroatoms. The van der Waals surface area contributed by atoms with Crippen LogP contribution in [-0.2, 0) is 4.74 Å². The molecule has 1 atom stereocenters. The van der Waals surface area contributed by atoms with E-state index >= 15 is 0 Å². The van der Waals surface area contributed by atoms with E-state index in [1.807, 2.05) is 14.0 Å². The summed E-state index contributed by atoms with van der Waals surface area (Å²) in [6.45, 7) is 9.36. The Labute approximate surface area is 76.7 Å². The summed E-state index contributed by atoms with van der Waals surface area (Å²) in [5.74, 6) is 1.44. The summed E-state index contributed by atoms with van der Waals surface area (Å²) in [6, 6.07) is 0. The molecule has 0 heterocycles. The lowest BCUT2D eigenvalue weighted by molar-refractivity contribution is 0.102. The largest absolute Gasteiger partial charge is 0.381 e. The Morgan fingerprint density at radius 3 is 2.42 bits per heavy atom. The molecule has 12 heavy (non-hydrogen) atoms. The van der Waals surface area contributed by atoms with Crippen LogP contribution in [0.4, 0.5) is 0 Å². The zero-order valence-corrected chi connectivity index (χ0v) is 8.89. The molecule has 0 aliphatic carbocycles. The molecule has 74 valence electrons. The molecule has 0 radical (unpaired) electrons. The van der Waals surface area contributed by atoms with E-state index in [1.54, 1.807) is 0 Å². The van der Waals surface area contributed by atoms with Gasteiger partial charge >= 0.3 is 0 Å². The van der Waals surface area contributed by atoms with Gasteiger partial charge in [0.25, 0.3) is 0 Å². The van der Waals surface area contributed by atoms with Crippen LogP contribution < -0.4 is 5.32 Å². The van der Waals surface area contributed by atoms with Crippen LogP contribution in [0.2, 0.25) is 0 Å². The van der Waals surface area contributed by atoms with E-state index in [9.17, 15) is 0 Å². The van der Waals surface area contributed by atoms with Crippen molar-refractivity contribution in [2.24, 2.45) is 11.8 Å². The van der Waals surface area contributed by atoms with Gasteiger partial charge in [0.05, 0.1) is 6.61 Å². The second-order valence-electron chi connectivity index (χ2n) is 3.71. The van der Waals surface area contributed by atoms with Gasteiger partial charge in [0.2, 0.25) is 0 Å². The van der Waals surface area contributed by atoms with Crippen LogP contribution >= 0.6 is 0 Å². The first kappa shape index (κ1) is 11.9. The predicted octanol–water partition coefficient (Wildman–Crippen LogP) is 1.90. The molecule has 0 aromatic rings. The van der Waals surface area contributed by atoms with Gasteiger partial charge in [0.15, 0.2) is 0 Å². The second kappa shape index (κ2) is 7.56. The van der Waals surface area contributed by atoms with Gasteiger partial charge in [-0.15, -0.1) is 0 Å². The molecule has 0 bridgehead atoms. The number of rotatable bonds is 7. The van der Waals surface area contributed by atoms with E-state index in [0.29, 0.717) is 5.92 Å². The lowest BCUT2D eigenvalue weighted by atomic mass is 9.98. The zero-order valence-electron chi connectivity index (χ0n) is 8.89. The van der Waals surface area contributed by atoms with Gasteiger partial charge in [-0.05, 0) is 38.8 Å². The third-order valence-corrected chi connectivity index (χ3v) is 1.86. The van der Waals surface area contributed by atoms with Crippen molar-refractivity contribution in [1.29, 1.82) is 0 Å².